The van der Waals surface area contributed by atoms with E-state index in [4.69, 9.17) is 5.73 Å². The molecule has 0 unspecified atom stereocenters. The Morgan fingerprint density at radius 1 is 0.958 bits per heavy atom. The number of amides is 2. The van der Waals surface area contributed by atoms with Crippen LogP contribution < -0.4 is 11.1 Å². The first-order chi connectivity index (χ1) is 11.3. The van der Waals surface area contributed by atoms with Gasteiger partial charge in [-0.05, 0) is 42.0 Å². The van der Waals surface area contributed by atoms with E-state index in [-0.39, 0.29) is 23.1 Å². The molecule has 0 fully saturated rings. The number of hydrogen-bond acceptors (Lipinski definition) is 4. The average Bonchev–Trinajstić information content (AvgIpc) is 2.60. The number of hydrogen-bond donors (Lipinski definition) is 2. The van der Waals surface area contributed by atoms with Gasteiger partial charge in [-0.15, -0.1) is 0 Å². The Bertz CT molecular complexity index is 841. The van der Waals surface area contributed by atoms with Gasteiger partial charge in [0.15, 0.2) is 9.84 Å². The van der Waals surface area contributed by atoms with Crippen molar-refractivity contribution in [2.45, 2.75) is 18.4 Å². The predicted octanol–water partition coefficient (Wildman–Crippen LogP) is 1.51. The lowest BCUT2D eigenvalue weighted by molar-refractivity contribution is 0.0948. The van der Waals surface area contributed by atoms with E-state index in [1.807, 2.05) is 0 Å². The van der Waals surface area contributed by atoms with Crippen LogP contribution in [0.2, 0.25) is 0 Å². The first-order valence-electron chi connectivity index (χ1n) is 7.33. The topological polar surface area (TPSA) is 106 Å². The zero-order chi connectivity index (χ0) is 17.7. The molecule has 0 aliphatic carbocycles. The second-order valence-corrected chi connectivity index (χ2v) is 7.45. The van der Waals surface area contributed by atoms with Gasteiger partial charge in [-0.3, -0.25) is 9.59 Å². The van der Waals surface area contributed by atoms with Crippen LogP contribution in [0.1, 0.15) is 33.2 Å². The van der Waals surface area contributed by atoms with Crippen molar-refractivity contribution in [2.75, 3.05) is 5.75 Å². The van der Waals surface area contributed by atoms with Crippen molar-refractivity contribution >= 4 is 21.7 Å². The molecule has 2 amide bonds. The van der Waals surface area contributed by atoms with E-state index in [0.717, 1.165) is 5.56 Å². The molecule has 0 spiro atoms. The molecule has 0 aromatic heterocycles. The lowest BCUT2D eigenvalue weighted by Gasteiger charge is -2.07. The Morgan fingerprint density at radius 2 is 1.50 bits per heavy atom. The summed E-state index contributed by atoms with van der Waals surface area (Å²) in [6.45, 7) is 1.86. The molecule has 7 heteroatoms. The molecular formula is C17H18N2O4S. The molecule has 0 atom stereocenters. The first-order valence-corrected chi connectivity index (χ1v) is 8.98. The lowest BCUT2D eigenvalue weighted by Crippen LogP contribution is -2.23. The Balaban J connectivity index is 2.00. The second-order valence-electron chi connectivity index (χ2n) is 5.17. The fourth-order valence-corrected chi connectivity index (χ4v) is 2.94. The van der Waals surface area contributed by atoms with Crippen LogP contribution in [0.15, 0.2) is 53.4 Å². The molecule has 0 heterocycles. The summed E-state index contributed by atoms with van der Waals surface area (Å²) < 4.78 is 23.5. The molecule has 3 N–H and O–H groups in total. The minimum atomic E-state index is -3.23. The van der Waals surface area contributed by atoms with Crippen LogP contribution >= 0.6 is 0 Å². The maximum atomic E-state index is 12.0. The number of nitrogens with two attached hydrogens (primary N) is 1. The van der Waals surface area contributed by atoms with E-state index in [2.05, 4.69) is 5.32 Å². The molecule has 24 heavy (non-hydrogen) atoms. The summed E-state index contributed by atoms with van der Waals surface area (Å²) in [5.41, 5.74) is 6.67. The summed E-state index contributed by atoms with van der Waals surface area (Å²) in [6, 6.07) is 12.4. The molecule has 0 aliphatic rings. The van der Waals surface area contributed by atoms with Crippen molar-refractivity contribution in [3.8, 4) is 0 Å². The van der Waals surface area contributed by atoms with E-state index < -0.39 is 15.7 Å². The van der Waals surface area contributed by atoms with Crippen molar-refractivity contribution < 1.29 is 18.0 Å². The van der Waals surface area contributed by atoms with Crippen LogP contribution in [0.5, 0.6) is 0 Å². The van der Waals surface area contributed by atoms with Crippen LogP contribution in [0.25, 0.3) is 0 Å². The van der Waals surface area contributed by atoms with Crippen molar-refractivity contribution in [1.82, 2.24) is 5.32 Å². The summed E-state index contributed by atoms with van der Waals surface area (Å²) in [6.07, 6.45) is 0. The number of rotatable bonds is 6. The molecule has 0 saturated carbocycles. The van der Waals surface area contributed by atoms with Crippen LogP contribution in [0.3, 0.4) is 0 Å². The predicted molar refractivity (Wildman–Crippen MR) is 90.3 cm³/mol. The average molecular weight is 346 g/mol. The van der Waals surface area contributed by atoms with Crippen molar-refractivity contribution in [3.05, 3.63) is 65.2 Å². The fraction of sp³-hybridized carbons (Fsp3) is 0.176. The number of sulfone groups is 1. The van der Waals surface area contributed by atoms with Crippen LogP contribution in [0.4, 0.5) is 0 Å². The first kappa shape index (κ1) is 17.7. The summed E-state index contributed by atoms with van der Waals surface area (Å²) in [5.74, 6) is -0.801. The van der Waals surface area contributed by atoms with Gasteiger partial charge in [0.05, 0.1) is 10.6 Å². The van der Waals surface area contributed by atoms with Gasteiger partial charge >= 0.3 is 0 Å². The van der Waals surface area contributed by atoms with Crippen molar-refractivity contribution in [1.29, 1.82) is 0 Å². The molecule has 2 aromatic rings. The maximum absolute atomic E-state index is 12.0. The summed E-state index contributed by atoms with van der Waals surface area (Å²) in [4.78, 5) is 23.3. The maximum Gasteiger partial charge on any atom is 0.251 e. The minimum absolute atomic E-state index is 0.0460. The number of carbonyl (C=O) groups is 2. The molecular weight excluding hydrogens is 328 g/mol. The number of carbonyl (C=O) groups excluding carboxylic acids is 2. The molecule has 2 rings (SSSR count). The van der Waals surface area contributed by atoms with Crippen LogP contribution in [0, 0.1) is 0 Å². The van der Waals surface area contributed by atoms with E-state index in [9.17, 15) is 18.0 Å². The summed E-state index contributed by atoms with van der Waals surface area (Å²) in [5, 5.41) is 2.73. The molecule has 0 aliphatic heterocycles. The Labute approximate surface area is 140 Å². The standard InChI is InChI=1S/C17H18N2O4S/c1-2-24(22,23)15-9-3-12(4-10-15)11-19-17(21)14-7-5-13(6-8-14)16(18)20/h3-10H,2,11H2,1H3,(H2,18,20)(H,19,21). The van der Waals surface area contributed by atoms with Crippen molar-refractivity contribution in [2.24, 2.45) is 5.73 Å². The zero-order valence-corrected chi connectivity index (χ0v) is 14.0. The van der Waals surface area contributed by atoms with Gasteiger partial charge in [-0.25, -0.2) is 8.42 Å². The zero-order valence-electron chi connectivity index (χ0n) is 13.2. The van der Waals surface area contributed by atoms with Gasteiger partial charge in [0.2, 0.25) is 5.91 Å². The highest BCUT2D eigenvalue weighted by Crippen LogP contribution is 2.12. The van der Waals surface area contributed by atoms with E-state index >= 15 is 0 Å². The van der Waals surface area contributed by atoms with Crippen LogP contribution in [-0.2, 0) is 16.4 Å². The summed E-state index contributed by atoms with van der Waals surface area (Å²) in [7, 11) is -3.23. The van der Waals surface area contributed by atoms with Gasteiger partial charge < -0.3 is 11.1 Å². The Kier molecular flexibility index (Phi) is 5.35. The van der Waals surface area contributed by atoms with Gasteiger partial charge in [0, 0.05) is 17.7 Å². The molecule has 0 radical (unpaired) electrons. The molecule has 6 nitrogen and oxygen atoms in total. The third-order valence-electron chi connectivity index (χ3n) is 3.55. The molecule has 126 valence electrons. The normalized spacial score (nSPS) is 11.0. The monoisotopic (exact) mass is 346 g/mol. The number of nitrogens with one attached hydrogen (secondary N) is 1. The lowest BCUT2D eigenvalue weighted by atomic mass is 10.1. The number of primary amides is 1. The minimum Gasteiger partial charge on any atom is -0.366 e. The quantitative estimate of drug-likeness (QED) is 0.827. The largest absolute Gasteiger partial charge is 0.366 e. The summed E-state index contributed by atoms with van der Waals surface area (Å²) >= 11 is 0. The third-order valence-corrected chi connectivity index (χ3v) is 5.30. The van der Waals surface area contributed by atoms with Crippen LogP contribution in [-0.4, -0.2) is 26.0 Å². The SMILES string of the molecule is CCS(=O)(=O)c1ccc(CNC(=O)c2ccc(C(N)=O)cc2)cc1. The van der Waals surface area contributed by atoms with Gasteiger partial charge in [0.1, 0.15) is 0 Å². The fourth-order valence-electron chi connectivity index (χ4n) is 2.05. The molecule has 0 bridgehead atoms. The van der Waals surface area contributed by atoms with E-state index in [1.165, 1.54) is 36.4 Å². The highest BCUT2D eigenvalue weighted by atomic mass is 32.2. The Hall–Kier alpha value is -2.67. The van der Waals surface area contributed by atoms with Crippen molar-refractivity contribution in [3.63, 3.8) is 0 Å². The van der Waals surface area contributed by atoms with Gasteiger partial charge in [-0.1, -0.05) is 19.1 Å². The van der Waals surface area contributed by atoms with E-state index in [1.54, 1.807) is 19.1 Å². The second kappa shape index (κ2) is 7.27. The van der Waals surface area contributed by atoms with E-state index in [0.29, 0.717) is 11.1 Å². The third kappa shape index (κ3) is 4.20. The smallest absolute Gasteiger partial charge is 0.251 e. The molecule has 2 aromatic carbocycles. The highest BCUT2D eigenvalue weighted by Gasteiger charge is 2.11. The van der Waals surface area contributed by atoms with Gasteiger partial charge in [0.25, 0.3) is 5.91 Å². The number of benzene rings is 2. The van der Waals surface area contributed by atoms with Gasteiger partial charge in [-0.2, -0.15) is 0 Å². The molecule has 0 saturated heterocycles. The highest BCUT2D eigenvalue weighted by molar-refractivity contribution is 7.91. The Morgan fingerprint density at radius 3 is 2.00 bits per heavy atom.